The second kappa shape index (κ2) is 4.20. The third-order valence-corrected chi connectivity index (χ3v) is 1.64. The van der Waals surface area contributed by atoms with Gasteiger partial charge in [0, 0.05) is 0 Å². The largest absolute Gasteiger partial charge is 0.280 e. The summed E-state index contributed by atoms with van der Waals surface area (Å²) in [4.78, 5) is 3.50. The maximum atomic E-state index is 12.1. The standard InChI is InChI=1S/C9H6ClF2N/c1-2-3-6-4-5-7(9(11)12)13-8(6)10/h4-5,9H,1H3. The topological polar surface area (TPSA) is 12.9 Å². The zero-order valence-electron chi connectivity index (χ0n) is 6.81. The fourth-order valence-corrected chi connectivity index (χ4v) is 1.01. The van der Waals surface area contributed by atoms with Gasteiger partial charge < -0.3 is 0 Å². The van der Waals surface area contributed by atoms with Gasteiger partial charge in [-0.3, -0.25) is 0 Å². The van der Waals surface area contributed by atoms with Crippen LogP contribution < -0.4 is 0 Å². The van der Waals surface area contributed by atoms with Crippen LogP contribution in [-0.2, 0) is 0 Å². The number of halogens is 3. The van der Waals surface area contributed by atoms with E-state index in [1.807, 2.05) is 0 Å². The molecule has 0 bridgehead atoms. The number of alkyl halides is 2. The van der Waals surface area contributed by atoms with Gasteiger partial charge in [-0.25, -0.2) is 13.8 Å². The van der Waals surface area contributed by atoms with E-state index < -0.39 is 6.43 Å². The van der Waals surface area contributed by atoms with Gasteiger partial charge in [0.2, 0.25) is 0 Å². The fourth-order valence-electron chi connectivity index (χ4n) is 0.798. The molecule has 0 unspecified atom stereocenters. The maximum Gasteiger partial charge on any atom is 0.280 e. The summed E-state index contributed by atoms with van der Waals surface area (Å²) in [6.07, 6.45) is -2.60. The Morgan fingerprint density at radius 2 is 2.15 bits per heavy atom. The van der Waals surface area contributed by atoms with Gasteiger partial charge in [0.05, 0.1) is 5.56 Å². The van der Waals surface area contributed by atoms with E-state index in [4.69, 9.17) is 11.6 Å². The van der Waals surface area contributed by atoms with Crippen molar-refractivity contribution in [1.29, 1.82) is 0 Å². The van der Waals surface area contributed by atoms with Gasteiger partial charge in [0.25, 0.3) is 6.43 Å². The number of rotatable bonds is 1. The summed E-state index contributed by atoms with van der Waals surface area (Å²) in [5.41, 5.74) is 0.139. The molecule has 0 aliphatic heterocycles. The second-order valence-corrected chi connectivity index (χ2v) is 2.61. The van der Waals surface area contributed by atoms with E-state index in [1.54, 1.807) is 6.92 Å². The van der Waals surface area contributed by atoms with E-state index in [9.17, 15) is 8.78 Å². The minimum atomic E-state index is -2.60. The molecule has 0 atom stereocenters. The first-order valence-electron chi connectivity index (χ1n) is 3.52. The van der Waals surface area contributed by atoms with E-state index in [-0.39, 0.29) is 10.8 Å². The number of hydrogen-bond acceptors (Lipinski definition) is 1. The molecule has 0 amide bonds. The van der Waals surface area contributed by atoms with Crippen molar-refractivity contribution in [3.63, 3.8) is 0 Å². The number of aromatic nitrogens is 1. The molecular formula is C9H6ClF2N. The molecule has 0 aromatic carbocycles. The molecule has 0 spiro atoms. The van der Waals surface area contributed by atoms with E-state index in [2.05, 4.69) is 16.8 Å². The highest BCUT2D eigenvalue weighted by Gasteiger charge is 2.10. The van der Waals surface area contributed by atoms with Gasteiger partial charge in [-0.05, 0) is 19.1 Å². The number of nitrogens with zero attached hydrogens (tertiary/aromatic N) is 1. The van der Waals surface area contributed by atoms with Gasteiger partial charge in [-0.15, -0.1) is 5.92 Å². The van der Waals surface area contributed by atoms with Crippen LogP contribution >= 0.6 is 11.6 Å². The summed E-state index contributed by atoms with van der Waals surface area (Å²) in [6, 6.07) is 2.66. The lowest BCUT2D eigenvalue weighted by Crippen LogP contribution is -1.91. The molecule has 1 aromatic heterocycles. The monoisotopic (exact) mass is 201 g/mol. The summed E-state index contributed by atoms with van der Waals surface area (Å²) in [7, 11) is 0. The highest BCUT2D eigenvalue weighted by Crippen LogP contribution is 2.20. The van der Waals surface area contributed by atoms with Crippen LogP contribution in [0.3, 0.4) is 0 Å². The quantitative estimate of drug-likeness (QED) is 0.503. The van der Waals surface area contributed by atoms with Crippen LogP contribution in [0.1, 0.15) is 24.6 Å². The van der Waals surface area contributed by atoms with Gasteiger partial charge in [0.1, 0.15) is 10.8 Å². The molecule has 0 saturated carbocycles. The Morgan fingerprint density at radius 1 is 1.46 bits per heavy atom. The molecule has 0 saturated heterocycles. The van der Waals surface area contributed by atoms with Crippen molar-refractivity contribution in [1.82, 2.24) is 4.98 Å². The smallest absolute Gasteiger partial charge is 0.234 e. The summed E-state index contributed by atoms with van der Waals surface area (Å²) < 4.78 is 24.2. The lowest BCUT2D eigenvalue weighted by molar-refractivity contribution is 0.146. The van der Waals surface area contributed by atoms with E-state index >= 15 is 0 Å². The Morgan fingerprint density at radius 3 is 2.62 bits per heavy atom. The van der Waals surface area contributed by atoms with E-state index in [0.29, 0.717) is 5.56 Å². The average molecular weight is 202 g/mol. The molecule has 0 radical (unpaired) electrons. The highest BCUT2D eigenvalue weighted by molar-refractivity contribution is 6.30. The Balaban J connectivity index is 3.10. The summed E-state index contributed by atoms with van der Waals surface area (Å²) in [6.45, 7) is 1.64. The van der Waals surface area contributed by atoms with E-state index in [1.165, 1.54) is 12.1 Å². The number of pyridine rings is 1. The average Bonchev–Trinajstić information content (AvgIpc) is 2.08. The molecule has 68 valence electrons. The summed E-state index contributed by atoms with van der Waals surface area (Å²) in [5.74, 6) is 5.26. The van der Waals surface area contributed by atoms with Crippen molar-refractivity contribution in [2.45, 2.75) is 13.3 Å². The van der Waals surface area contributed by atoms with Crippen LogP contribution in [0.2, 0.25) is 5.15 Å². The molecule has 0 aliphatic rings. The van der Waals surface area contributed by atoms with Gasteiger partial charge >= 0.3 is 0 Å². The first-order valence-corrected chi connectivity index (χ1v) is 3.90. The van der Waals surface area contributed by atoms with Gasteiger partial charge in [-0.2, -0.15) is 0 Å². The molecule has 1 nitrogen and oxygen atoms in total. The predicted octanol–water partition coefficient (Wildman–Crippen LogP) is 3.04. The first-order chi connectivity index (χ1) is 6.15. The SMILES string of the molecule is CC#Cc1ccc(C(F)F)nc1Cl. The number of hydrogen-bond donors (Lipinski definition) is 0. The summed E-state index contributed by atoms with van der Waals surface area (Å²) >= 11 is 5.61. The van der Waals surface area contributed by atoms with Crippen LogP contribution in [0, 0.1) is 11.8 Å². The molecule has 1 heterocycles. The zero-order valence-corrected chi connectivity index (χ0v) is 7.57. The lowest BCUT2D eigenvalue weighted by atomic mass is 10.2. The van der Waals surface area contributed by atoms with Crippen LogP contribution in [0.5, 0.6) is 0 Å². The molecular weight excluding hydrogens is 196 g/mol. The van der Waals surface area contributed by atoms with Crippen LogP contribution in [0.15, 0.2) is 12.1 Å². The van der Waals surface area contributed by atoms with Crippen molar-refractivity contribution in [3.8, 4) is 11.8 Å². The normalized spacial score (nSPS) is 9.62. The predicted molar refractivity (Wildman–Crippen MR) is 46.8 cm³/mol. The van der Waals surface area contributed by atoms with Crippen molar-refractivity contribution < 1.29 is 8.78 Å². The molecule has 1 aromatic rings. The van der Waals surface area contributed by atoms with Gasteiger partial charge in [-0.1, -0.05) is 17.5 Å². The van der Waals surface area contributed by atoms with Crippen molar-refractivity contribution in [3.05, 3.63) is 28.5 Å². The third-order valence-electron chi connectivity index (χ3n) is 1.35. The minimum absolute atomic E-state index is 0.0205. The minimum Gasteiger partial charge on any atom is -0.234 e. The summed E-state index contributed by atoms with van der Waals surface area (Å²) in [5, 5.41) is 0.0205. The Hall–Kier alpha value is -1.14. The maximum absolute atomic E-state index is 12.1. The van der Waals surface area contributed by atoms with E-state index in [0.717, 1.165) is 0 Å². The van der Waals surface area contributed by atoms with Crippen LogP contribution in [0.25, 0.3) is 0 Å². The third kappa shape index (κ3) is 2.40. The molecule has 13 heavy (non-hydrogen) atoms. The first kappa shape index (κ1) is 9.94. The van der Waals surface area contributed by atoms with Gasteiger partial charge in [0.15, 0.2) is 0 Å². The van der Waals surface area contributed by atoms with Crippen molar-refractivity contribution in [2.75, 3.05) is 0 Å². The highest BCUT2D eigenvalue weighted by atomic mass is 35.5. The molecule has 0 fully saturated rings. The molecule has 0 N–H and O–H groups in total. The molecule has 0 aliphatic carbocycles. The second-order valence-electron chi connectivity index (χ2n) is 2.25. The fraction of sp³-hybridized carbons (Fsp3) is 0.222. The van der Waals surface area contributed by atoms with Crippen LogP contribution in [0.4, 0.5) is 8.78 Å². The molecule has 1 rings (SSSR count). The van der Waals surface area contributed by atoms with Crippen molar-refractivity contribution >= 4 is 11.6 Å². The van der Waals surface area contributed by atoms with Crippen LogP contribution in [-0.4, -0.2) is 4.98 Å². The lowest BCUT2D eigenvalue weighted by Gasteiger charge is -1.99. The Bertz CT molecular complexity index is 366. The van der Waals surface area contributed by atoms with Crippen molar-refractivity contribution in [2.24, 2.45) is 0 Å². The molecule has 4 heteroatoms. The Kier molecular flexibility index (Phi) is 3.21. The Labute approximate surface area is 79.7 Å². The zero-order chi connectivity index (χ0) is 9.84.